The number of rotatable bonds is 3. The summed E-state index contributed by atoms with van der Waals surface area (Å²) in [5.74, 6) is 0. The van der Waals surface area contributed by atoms with E-state index in [0.29, 0.717) is 6.04 Å². The van der Waals surface area contributed by atoms with Crippen LogP contribution in [0.3, 0.4) is 0 Å². The van der Waals surface area contributed by atoms with Crippen LogP contribution in [0.1, 0.15) is 37.3 Å². The molecule has 1 N–H and O–H groups in total. The van der Waals surface area contributed by atoms with Crippen LogP contribution in [0.4, 0.5) is 5.69 Å². The molecule has 2 heterocycles. The van der Waals surface area contributed by atoms with E-state index in [-0.39, 0.29) is 0 Å². The first-order chi connectivity index (χ1) is 10.2. The Morgan fingerprint density at radius 2 is 2.10 bits per heavy atom. The summed E-state index contributed by atoms with van der Waals surface area (Å²) >= 11 is 0. The zero-order valence-electron chi connectivity index (χ0n) is 13.7. The maximum Gasteiger partial charge on any atom is 0.0399 e. The predicted octanol–water partition coefficient (Wildman–Crippen LogP) is 2.78. The maximum absolute atomic E-state index is 3.24. The molecule has 1 aromatic rings. The molecule has 21 heavy (non-hydrogen) atoms. The Morgan fingerprint density at radius 3 is 2.86 bits per heavy atom. The quantitative estimate of drug-likeness (QED) is 0.922. The maximum atomic E-state index is 3.24. The van der Waals surface area contributed by atoms with Gasteiger partial charge in [-0.25, -0.2) is 0 Å². The van der Waals surface area contributed by atoms with Gasteiger partial charge < -0.3 is 10.2 Å². The lowest BCUT2D eigenvalue weighted by molar-refractivity contribution is 0.115. The van der Waals surface area contributed by atoms with Gasteiger partial charge in [0.1, 0.15) is 0 Å². The van der Waals surface area contributed by atoms with Crippen LogP contribution in [-0.2, 0) is 6.54 Å². The van der Waals surface area contributed by atoms with Crippen molar-refractivity contribution in [2.24, 2.45) is 0 Å². The Balaban J connectivity index is 1.79. The molecule has 2 atom stereocenters. The van der Waals surface area contributed by atoms with E-state index in [0.717, 1.165) is 12.6 Å². The molecular weight excluding hydrogens is 258 g/mol. The fourth-order valence-corrected chi connectivity index (χ4v) is 4.04. The van der Waals surface area contributed by atoms with Gasteiger partial charge in [-0.2, -0.15) is 0 Å². The first-order valence-electron chi connectivity index (χ1n) is 8.44. The van der Waals surface area contributed by atoms with Crippen LogP contribution in [0.25, 0.3) is 0 Å². The van der Waals surface area contributed by atoms with Crippen molar-refractivity contribution >= 4 is 5.69 Å². The molecule has 0 radical (unpaired) electrons. The molecule has 2 aliphatic heterocycles. The zero-order valence-corrected chi connectivity index (χ0v) is 13.7. The molecule has 0 spiro atoms. The van der Waals surface area contributed by atoms with Crippen LogP contribution in [0.5, 0.6) is 0 Å². The number of nitrogens with one attached hydrogen (secondary N) is 1. The lowest BCUT2D eigenvalue weighted by Crippen LogP contribution is -2.59. The molecule has 0 aliphatic carbocycles. The lowest BCUT2D eigenvalue weighted by Gasteiger charge is -2.48. The van der Waals surface area contributed by atoms with Gasteiger partial charge in [0.25, 0.3) is 0 Å². The van der Waals surface area contributed by atoms with Crippen LogP contribution < -0.4 is 10.2 Å². The molecule has 0 aromatic heterocycles. The molecule has 116 valence electrons. The van der Waals surface area contributed by atoms with Crippen molar-refractivity contribution in [3.8, 4) is 0 Å². The third-order valence-electron chi connectivity index (χ3n) is 5.14. The molecule has 3 heteroatoms. The Labute approximate surface area is 129 Å². The smallest absolute Gasteiger partial charge is 0.0399 e. The molecule has 0 bridgehead atoms. The van der Waals surface area contributed by atoms with Gasteiger partial charge in [-0.3, -0.25) is 4.90 Å². The minimum absolute atomic E-state index is 0.619. The van der Waals surface area contributed by atoms with Gasteiger partial charge in [-0.15, -0.1) is 0 Å². The van der Waals surface area contributed by atoms with Crippen molar-refractivity contribution in [1.29, 1.82) is 0 Å². The molecule has 1 aromatic carbocycles. The number of piperazine rings is 1. The van der Waals surface area contributed by atoms with E-state index in [9.17, 15) is 0 Å². The predicted molar refractivity (Wildman–Crippen MR) is 90.0 cm³/mol. The highest BCUT2D eigenvalue weighted by Crippen LogP contribution is 2.30. The average Bonchev–Trinajstić information content (AvgIpc) is 2.47. The summed E-state index contributed by atoms with van der Waals surface area (Å²) in [4.78, 5) is 5.36. The summed E-state index contributed by atoms with van der Waals surface area (Å²) in [7, 11) is 2.01. The SMILES string of the molecule is CNCc1ccc(N2CC3CCCCN3CC2C)c(C)c1. The van der Waals surface area contributed by atoms with E-state index in [4.69, 9.17) is 0 Å². The van der Waals surface area contributed by atoms with Crippen molar-refractivity contribution in [2.75, 3.05) is 31.6 Å². The second-order valence-corrected chi connectivity index (χ2v) is 6.80. The molecule has 2 saturated heterocycles. The summed E-state index contributed by atoms with van der Waals surface area (Å²) in [5.41, 5.74) is 4.23. The van der Waals surface area contributed by atoms with Crippen molar-refractivity contribution < 1.29 is 0 Å². The van der Waals surface area contributed by atoms with E-state index >= 15 is 0 Å². The first kappa shape index (κ1) is 14.9. The summed E-state index contributed by atoms with van der Waals surface area (Å²) < 4.78 is 0. The molecule has 3 nitrogen and oxygen atoms in total. The Morgan fingerprint density at radius 1 is 1.24 bits per heavy atom. The van der Waals surface area contributed by atoms with E-state index in [1.807, 2.05) is 7.05 Å². The Bertz CT molecular complexity index is 485. The number of anilines is 1. The van der Waals surface area contributed by atoms with Crippen LogP contribution in [0, 0.1) is 6.92 Å². The van der Waals surface area contributed by atoms with Crippen molar-refractivity contribution in [3.05, 3.63) is 29.3 Å². The number of nitrogens with zero attached hydrogens (tertiary/aromatic N) is 2. The standard InChI is InChI=1S/C18H29N3/c1-14-10-16(11-19-3)7-8-18(14)21-13-17-6-4-5-9-20(17)12-15(21)2/h7-8,10,15,17,19H,4-6,9,11-13H2,1-3H3. The van der Waals surface area contributed by atoms with Gasteiger partial charge >= 0.3 is 0 Å². The minimum Gasteiger partial charge on any atom is -0.366 e. The van der Waals surface area contributed by atoms with Gasteiger partial charge in [-0.05, 0) is 57.5 Å². The second-order valence-electron chi connectivity index (χ2n) is 6.80. The average molecular weight is 287 g/mol. The third kappa shape index (κ3) is 3.09. The zero-order chi connectivity index (χ0) is 14.8. The Hall–Kier alpha value is -1.06. The van der Waals surface area contributed by atoms with Gasteiger partial charge in [0.05, 0.1) is 0 Å². The number of fused-ring (bicyclic) bond motifs is 1. The van der Waals surface area contributed by atoms with Crippen LogP contribution in [0.2, 0.25) is 0 Å². The molecule has 3 rings (SSSR count). The second kappa shape index (κ2) is 6.37. The molecule has 2 unspecified atom stereocenters. The number of hydrogen-bond acceptors (Lipinski definition) is 3. The molecule has 0 saturated carbocycles. The summed E-state index contributed by atoms with van der Waals surface area (Å²) in [6.07, 6.45) is 4.17. The third-order valence-corrected chi connectivity index (χ3v) is 5.14. The van der Waals surface area contributed by atoms with Gasteiger partial charge in [0.2, 0.25) is 0 Å². The summed E-state index contributed by atoms with van der Waals surface area (Å²) in [6.45, 7) is 9.33. The van der Waals surface area contributed by atoms with E-state index in [1.165, 1.54) is 55.7 Å². The fourth-order valence-electron chi connectivity index (χ4n) is 4.04. The number of benzene rings is 1. The fraction of sp³-hybridized carbons (Fsp3) is 0.667. The lowest BCUT2D eigenvalue weighted by atomic mass is 9.96. The summed E-state index contributed by atoms with van der Waals surface area (Å²) in [5, 5.41) is 3.24. The van der Waals surface area contributed by atoms with Gasteiger partial charge in [0.15, 0.2) is 0 Å². The van der Waals surface area contributed by atoms with Crippen LogP contribution in [-0.4, -0.2) is 43.7 Å². The van der Waals surface area contributed by atoms with E-state index in [1.54, 1.807) is 0 Å². The monoisotopic (exact) mass is 287 g/mol. The topological polar surface area (TPSA) is 18.5 Å². The largest absolute Gasteiger partial charge is 0.366 e. The van der Waals surface area contributed by atoms with Gasteiger partial charge in [-0.1, -0.05) is 18.6 Å². The molecular formula is C18H29N3. The van der Waals surface area contributed by atoms with Crippen LogP contribution >= 0.6 is 0 Å². The first-order valence-corrected chi connectivity index (χ1v) is 8.44. The molecule has 2 fully saturated rings. The highest BCUT2D eigenvalue weighted by atomic mass is 15.3. The van der Waals surface area contributed by atoms with E-state index in [2.05, 4.69) is 47.2 Å². The normalized spacial score (nSPS) is 26.7. The Kier molecular flexibility index (Phi) is 4.51. The number of hydrogen-bond donors (Lipinski definition) is 1. The highest BCUT2D eigenvalue weighted by Gasteiger charge is 2.33. The van der Waals surface area contributed by atoms with E-state index < -0.39 is 0 Å². The summed E-state index contributed by atoms with van der Waals surface area (Å²) in [6, 6.07) is 8.33. The number of piperidine rings is 1. The van der Waals surface area contributed by atoms with Crippen molar-refractivity contribution in [1.82, 2.24) is 10.2 Å². The molecule has 0 amide bonds. The number of aryl methyl sites for hydroxylation is 1. The molecule has 2 aliphatic rings. The van der Waals surface area contributed by atoms with Crippen molar-refractivity contribution in [3.63, 3.8) is 0 Å². The van der Waals surface area contributed by atoms with Crippen molar-refractivity contribution in [2.45, 2.75) is 51.7 Å². The van der Waals surface area contributed by atoms with Gasteiger partial charge in [0, 0.05) is 37.4 Å². The minimum atomic E-state index is 0.619. The highest BCUT2D eigenvalue weighted by molar-refractivity contribution is 5.56. The van der Waals surface area contributed by atoms with Crippen LogP contribution in [0.15, 0.2) is 18.2 Å².